The molecule has 1 N–H and O–H groups in total. The molecule has 0 spiro atoms. The van der Waals surface area contributed by atoms with E-state index < -0.39 is 0 Å². The van der Waals surface area contributed by atoms with Crippen molar-refractivity contribution in [2.75, 3.05) is 5.32 Å². The van der Waals surface area contributed by atoms with Crippen LogP contribution in [0.2, 0.25) is 0 Å². The Bertz CT molecular complexity index is 1140. The molecule has 1 amide bonds. The van der Waals surface area contributed by atoms with Gasteiger partial charge in [0.05, 0.1) is 24.0 Å². The lowest BCUT2D eigenvalue weighted by Crippen LogP contribution is -2.25. The standard InChI is InChI=1S/C20H18N6O/c1-13-23-19(17-6-2-3-8-25(13)17)15-9-18(27)24-20-16(15)11-22-26(20)12-14-5-4-7-21-10-14/h2-8,10-11,15H,9,12H2,1H3,(H,24,27)/t15-/m1/s1. The Hall–Kier alpha value is -3.48. The molecule has 0 fully saturated rings. The van der Waals surface area contributed by atoms with Crippen molar-refractivity contribution in [3.8, 4) is 0 Å². The number of carbonyl (C=O) groups excluding carboxylic acids is 1. The minimum atomic E-state index is -0.109. The molecule has 7 heteroatoms. The van der Waals surface area contributed by atoms with Crippen LogP contribution in [0.1, 0.15) is 35.0 Å². The van der Waals surface area contributed by atoms with E-state index in [2.05, 4.69) is 19.8 Å². The van der Waals surface area contributed by atoms with Gasteiger partial charge in [0.1, 0.15) is 11.6 Å². The summed E-state index contributed by atoms with van der Waals surface area (Å²) in [6.07, 6.45) is 7.76. The molecule has 5 heterocycles. The van der Waals surface area contributed by atoms with Gasteiger partial charge in [-0.1, -0.05) is 12.1 Å². The van der Waals surface area contributed by atoms with E-state index in [1.165, 1.54) is 0 Å². The van der Waals surface area contributed by atoms with Gasteiger partial charge in [0.2, 0.25) is 5.91 Å². The van der Waals surface area contributed by atoms with Gasteiger partial charge in [0.25, 0.3) is 0 Å². The van der Waals surface area contributed by atoms with Gasteiger partial charge in [-0.25, -0.2) is 9.67 Å². The first-order valence-electron chi connectivity index (χ1n) is 8.89. The van der Waals surface area contributed by atoms with Crippen LogP contribution in [0, 0.1) is 6.92 Å². The third-order valence-corrected chi connectivity index (χ3v) is 5.03. The number of aryl methyl sites for hydroxylation is 1. The van der Waals surface area contributed by atoms with Crippen molar-refractivity contribution in [3.05, 3.63) is 77.8 Å². The van der Waals surface area contributed by atoms with Gasteiger partial charge >= 0.3 is 0 Å². The number of amides is 1. The zero-order chi connectivity index (χ0) is 18.4. The van der Waals surface area contributed by atoms with Crippen LogP contribution in [0.5, 0.6) is 0 Å². The molecular formula is C20H18N6O. The fourth-order valence-corrected chi connectivity index (χ4v) is 3.77. The van der Waals surface area contributed by atoms with Crippen molar-refractivity contribution in [3.63, 3.8) is 0 Å². The molecule has 7 nitrogen and oxygen atoms in total. The van der Waals surface area contributed by atoms with Gasteiger partial charge in [-0.2, -0.15) is 5.10 Å². The molecule has 1 aliphatic rings. The number of imidazole rings is 1. The van der Waals surface area contributed by atoms with E-state index in [0.29, 0.717) is 13.0 Å². The molecule has 0 unspecified atom stereocenters. The number of rotatable bonds is 3. The number of hydrogen-bond donors (Lipinski definition) is 1. The molecule has 0 saturated carbocycles. The molecule has 0 saturated heterocycles. The van der Waals surface area contributed by atoms with Crippen LogP contribution in [-0.2, 0) is 11.3 Å². The van der Waals surface area contributed by atoms with Gasteiger partial charge in [0.15, 0.2) is 0 Å². The average Bonchev–Trinajstić information content (AvgIpc) is 3.24. The SMILES string of the molecule is Cc1nc([C@@H]2CC(=O)Nc3c2cnn3Cc2cccnc2)c2ccccn12. The van der Waals surface area contributed by atoms with E-state index in [0.717, 1.165) is 34.0 Å². The Balaban J connectivity index is 1.60. The number of hydrogen-bond acceptors (Lipinski definition) is 4. The van der Waals surface area contributed by atoms with Crippen LogP contribution in [0.25, 0.3) is 5.52 Å². The van der Waals surface area contributed by atoms with Crippen molar-refractivity contribution in [2.24, 2.45) is 0 Å². The number of aromatic nitrogens is 5. The van der Waals surface area contributed by atoms with Crippen LogP contribution >= 0.6 is 0 Å². The van der Waals surface area contributed by atoms with Crippen molar-refractivity contribution in [1.29, 1.82) is 0 Å². The first-order chi connectivity index (χ1) is 13.2. The molecule has 0 aromatic carbocycles. The molecule has 134 valence electrons. The van der Waals surface area contributed by atoms with Gasteiger partial charge < -0.3 is 9.72 Å². The maximum absolute atomic E-state index is 12.5. The Morgan fingerprint density at radius 3 is 3.00 bits per heavy atom. The average molecular weight is 358 g/mol. The van der Waals surface area contributed by atoms with E-state index >= 15 is 0 Å². The Morgan fingerprint density at radius 2 is 2.15 bits per heavy atom. The second-order valence-corrected chi connectivity index (χ2v) is 6.77. The highest BCUT2D eigenvalue weighted by Crippen LogP contribution is 2.38. The number of nitrogens with zero attached hydrogens (tertiary/aromatic N) is 5. The summed E-state index contributed by atoms with van der Waals surface area (Å²) in [5, 5.41) is 7.52. The molecule has 0 aliphatic carbocycles. The topological polar surface area (TPSA) is 77.1 Å². The molecule has 4 aromatic heterocycles. The smallest absolute Gasteiger partial charge is 0.226 e. The third kappa shape index (κ3) is 2.59. The minimum absolute atomic E-state index is 0.0184. The number of carbonyl (C=O) groups is 1. The summed E-state index contributed by atoms with van der Waals surface area (Å²) in [4.78, 5) is 21.4. The van der Waals surface area contributed by atoms with E-state index in [4.69, 9.17) is 4.98 Å². The van der Waals surface area contributed by atoms with Gasteiger partial charge in [-0.05, 0) is 30.7 Å². The zero-order valence-electron chi connectivity index (χ0n) is 14.8. The fraction of sp³-hybridized carbons (Fsp3) is 0.200. The Morgan fingerprint density at radius 1 is 1.22 bits per heavy atom. The van der Waals surface area contributed by atoms with Crippen molar-refractivity contribution in [1.82, 2.24) is 24.1 Å². The highest BCUT2D eigenvalue weighted by atomic mass is 16.1. The Kier molecular flexibility index (Phi) is 3.53. The highest BCUT2D eigenvalue weighted by molar-refractivity contribution is 5.94. The molecule has 0 radical (unpaired) electrons. The second kappa shape index (κ2) is 6.05. The van der Waals surface area contributed by atoms with Crippen LogP contribution in [0.15, 0.2) is 55.1 Å². The number of nitrogens with one attached hydrogen (secondary N) is 1. The molecule has 5 rings (SSSR count). The number of fused-ring (bicyclic) bond motifs is 2. The molecule has 0 bridgehead atoms. The normalized spacial score (nSPS) is 16.3. The highest BCUT2D eigenvalue weighted by Gasteiger charge is 2.32. The van der Waals surface area contributed by atoms with Crippen LogP contribution in [-0.4, -0.2) is 30.1 Å². The Labute approximate surface area is 155 Å². The maximum atomic E-state index is 12.5. The van der Waals surface area contributed by atoms with E-state index in [9.17, 15) is 4.79 Å². The van der Waals surface area contributed by atoms with Crippen LogP contribution < -0.4 is 5.32 Å². The van der Waals surface area contributed by atoms with Crippen molar-refractivity contribution in [2.45, 2.75) is 25.8 Å². The summed E-state index contributed by atoms with van der Waals surface area (Å²) in [6.45, 7) is 2.53. The lowest BCUT2D eigenvalue weighted by atomic mass is 9.90. The van der Waals surface area contributed by atoms with Crippen molar-refractivity contribution >= 4 is 17.2 Å². The first kappa shape index (κ1) is 15.7. The van der Waals surface area contributed by atoms with Crippen LogP contribution in [0.3, 0.4) is 0 Å². The summed E-state index contributed by atoms with van der Waals surface area (Å²) in [5.41, 5.74) is 3.98. The summed E-state index contributed by atoms with van der Waals surface area (Å²) >= 11 is 0. The largest absolute Gasteiger partial charge is 0.311 e. The zero-order valence-corrected chi connectivity index (χ0v) is 14.8. The van der Waals surface area contributed by atoms with E-state index in [-0.39, 0.29) is 11.8 Å². The summed E-state index contributed by atoms with van der Waals surface area (Å²) in [5.74, 6) is 1.53. The van der Waals surface area contributed by atoms with E-state index in [1.54, 1.807) is 6.20 Å². The van der Waals surface area contributed by atoms with Crippen LogP contribution in [0.4, 0.5) is 5.82 Å². The van der Waals surface area contributed by atoms with Crippen molar-refractivity contribution < 1.29 is 4.79 Å². The second-order valence-electron chi connectivity index (χ2n) is 6.77. The lowest BCUT2D eigenvalue weighted by Gasteiger charge is -2.22. The number of anilines is 1. The van der Waals surface area contributed by atoms with Gasteiger partial charge in [-0.15, -0.1) is 0 Å². The lowest BCUT2D eigenvalue weighted by molar-refractivity contribution is -0.116. The quantitative estimate of drug-likeness (QED) is 0.611. The molecule has 1 atom stereocenters. The molecule has 1 aliphatic heterocycles. The molecular weight excluding hydrogens is 340 g/mol. The minimum Gasteiger partial charge on any atom is -0.311 e. The maximum Gasteiger partial charge on any atom is 0.226 e. The summed E-state index contributed by atoms with van der Waals surface area (Å²) in [7, 11) is 0. The predicted octanol–water partition coefficient (Wildman–Crippen LogP) is 2.76. The monoisotopic (exact) mass is 358 g/mol. The predicted molar refractivity (Wildman–Crippen MR) is 101 cm³/mol. The summed E-state index contributed by atoms with van der Waals surface area (Å²) in [6, 6.07) is 9.91. The fourth-order valence-electron chi connectivity index (χ4n) is 3.77. The van der Waals surface area contributed by atoms with E-state index in [1.807, 2.05) is 60.5 Å². The van der Waals surface area contributed by atoms with Gasteiger partial charge in [-0.3, -0.25) is 9.78 Å². The first-order valence-corrected chi connectivity index (χ1v) is 8.89. The summed E-state index contributed by atoms with van der Waals surface area (Å²) < 4.78 is 3.88. The molecule has 27 heavy (non-hydrogen) atoms. The number of pyridine rings is 2. The van der Waals surface area contributed by atoms with Gasteiger partial charge in [0, 0.05) is 36.5 Å². The third-order valence-electron chi connectivity index (χ3n) is 5.03. The molecule has 4 aromatic rings.